The van der Waals surface area contributed by atoms with Gasteiger partial charge in [-0.05, 0) is 70.6 Å². The minimum Gasteiger partial charge on any atom is -0.387 e. The van der Waals surface area contributed by atoms with Gasteiger partial charge in [0.1, 0.15) is 0 Å². The molecular weight excluding hydrogens is 679 g/mol. The summed E-state index contributed by atoms with van der Waals surface area (Å²) in [4.78, 5) is 12.5. The molecule has 0 aliphatic rings. The summed E-state index contributed by atoms with van der Waals surface area (Å²) in [7, 11) is -4.36. The predicted octanol–water partition coefficient (Wildman–Crippen LogP) is 13.0. The Labute approximate surface area is 327 Å². The molecule has 0 radical (unpaired) electrons. The van der Waals surface area contributed by atoms with E-state index >= 15 is 0 Å². The zero-order chi connectivity index (χ0) is 38.9. The molecule has 53 heavy (non-hydrogen) atoms. The zero-order valence-corrected chi connectivity index (χ0v) is 34.9. The van der Waals surface area contributed by atoms with Crippen LogP contribution in [0.15, 0.2) is 72.9 Å². The van der Waals surface area contributed by atoms with Crippen LogP contribution in [-0.2, 0) is 14.9 Å². The molecule has 0 bridgehead atoms. The van der Waals surface area contributed by atoms with Gasteiger partial charge in [0, 0.05) is 6.42 Å². The number of nitrogens with one attached hydrogen (secondary N) is 1. The Kier molecular flexibility index (Phi) is 37.8. The summed E-state index contributed by atoms with van der Waals surface area (Å²) in [5, 5.41) is 13.2. The second kappa shape index (κ2) is 39.5. The maximum atomic E-state index is 12.5. The average Bonchev–Trinajstić information content (AvgIpc) is 3.12. The second-order valence-corrected chi connectivity index (χ2v) is 16.1. The number of unbranched alkanes of at least 4 members (excludes halogenated alkanes) is 20. The fourth-order valence-corrected chi connectivity index (χ4v) is 6.90. The van der Waals surface area contributed by atoms with E-state index in [1.807, 2.05) is 6.08 Å². The van der Waals surface area contributed by atoms with Gasteiger partial charge < -0.3 is 10.4 Å². The molecule has 0 fully saturated rings. The molecule has 0 aromatic rings. The molecule has 2 unspecified atom stereocenters. The van der Waals surface area contributed by atoms with E-state index in [1.54, 1.807) is 0 Å². The third-order valence-corrected chi connectivity index (χ3v) is 10.1. The summed E-state index contributed by atoms with van der Waals surface area (Å²) in [6, 6.07) is -1.08. The van der Waals surface area contributed by atoms with Crippen LogP contribution in [0.25, 0.3) is 0 Å². The fraction of sp³-hybridized carbons (Fsp3) is 0.717. The van der Waals surface area contributed by atoms with Crippen molar-refractivity contribution < 1.29 is 22.9 Å². The number of amides is 1. The minimum atomic E-state index is -4.36. The molecule has 0 saturated heterocycles. The van der Waals surface area contributed by atoms with Gasteiger partial charge in [0.2, 0.25) is 5.91 Å². The predicted molar refractivity (Wildman–Crippen MR) is 230 cm³/mol. The Bertz CT molecular complexity index is 1100. The van der Waals surface area contributed by atoms with Crippen molar-refractivity contribution >= 4 is 16.0 Å². The van der Waals surface area contributed by atoms with Crippen LogP contribution in [0.1, 0.15) is 194 Å². The van der Waals surface area contributed by atoms with Crippen LogP contribution < -0.4 is 5.32 Å². The van der Waals surface area contributed by atoms with E-state index in [-0.39, 0.29) is 12.3 Å². The third-order valence-electron chi connectivity index (χ3n) is 9.37. The van der Waals surface area contributed by atoms with Gasteiger partial charge in [0.25, 0.3) is 10.1 Å². The number of rotatable bonds is 38. The van der Waals surface area contributed by atoms with Crippen molar-refractivity contribution in [2.45, 2.75) is 206 Å². The van der Waals surface area contributed by atoms with E-state index < -0.39 is 28.0 Å². The first-order valence-electron chi connectivity index (χ1n) is 21.6. The molecule has 0 saturated carbocycles. The minimum absolute atomic E-state index is 0.275. The summed E-state index contributed by atoms with van der Waals surface area (Å²) in [6.45, 7) is 4.41. The van der Waals surface area contributed by atoms with Crippen molar-refractivity contribution in [1.82, 2.24) is 5.32 Å². The Morgan fingerprint density at radius 2 is 0.925 bits per heavy atom. The molecule has 6 nitrogen and oxygen atoms in total. The number of aliphatic hydroxyl groups is 1. The molecule has 0 rings (SSSR count). The molecule has 2 atom stereocenters. The Morgan fingerprint density at radius 3 is 1.42 bits per heavy atom. The average molecular weight is 760 g/mol. The maximum absolute atomic E-state index is 12.5. The molecule has 0 aromatic heterocycles. The highest BCUT2D eigenvalue weighted by Gasteiger charge is 2.24. The van der Waals surface area contributed by atoms with Crippen LogP contribution in [0.5, 0.6) is 0 Å². The molecule has 0 aromatic carbocycles. The summed E-state index contributed by atoms with van der Waals surface area (Å²) >= 11 is 0. The van der Waals surface area contributed by atoms with Gasteiger partial charge in [0.05, 0.1) is 17.9 Å². The van der Waals surface area contributed by atoms with Crippen molar-refractivity contribution in [2.75, 3.05) is 5.75 Å². The van der Waals surface area contributed by atoms with Crippen LogP contribution in [0, 0.1) is 0 Å². The van der Waals surface area contributed by atoms with Gasteiger partial charge in [0.15, 0.2) is 0 Å². The number of allylic oxidation sites excluding steroid dienone is 11. The van der Waals surface area contributed by atoms with Gasteiger partial charge in [-0.15, -0.1) is 0 Å². The first-order valence-corrected chi connectivity index (χ1v) is 23.2. The summed E-state index contributed by atoms with van der Waals surface area (Å²) in [6.07, 6.45) is 56.0. The van der Waals surface area contributed by atoms with Crippen molar-refractivity contribution in [3.8, 4) is 0 Å². The first kappa shape index (κ1) is 50.8. The van der Waals surface area contributed by atoms with Crippen LogP contribution in [0.4, 0.5) is 0 Å². The molecule has 0 aliphatic carbocycles. The van der Waals surface area contributed by atoms with Gasteiger partial charge in [-0.3, -0.25) is 9.35 Å². The smallest absolute Gasteiger partial charge is 0.267 e. The van der Waals surface area contributed by atoms with E-state index in [1.165, 1.54) is 102 Å². The zero-order valence-electron chi connectivity index (χ0n) is 34.1. The SMILES string of the molecule is CC/C=C\C/C=C\C/C=C\C/C=C\CCCCCCCCCCC(=O)NC(CS(=O)(=O)O)C(O)/C=C/CC/C=C/CCCCCCCCCCCCC. The quantitative estimate of drug-likeness (QED) is 0.0330. The number of hydrogen-bond donors (Lipinski definition) is 3. The molecule has 306 valence electrons. The van der Waals surface area contributed by atoms with E-state index in [0.29, 0.717) is 12.8 Å². The van der Waals surface area contributed by atoms with Crippen molar-refractivity contribution in [3.05, 3.63) is 72.9 Å². The highest BCUT2D eigenvalue weighted by molar-refractivity contribution is 7.85. The lowest BCUT2D eigenvalue weighted by Crippen LogP contribution is -2.46. The maximum Gasteiger partial charge on any atom is 0.267 e. The van der Waals surface area contributed by atoms with E-state index in [0.717, 1.165) is 64.2 Å². The van der Waals surface area contributed by atoms with Crippen molar-refractivity contribution in [3.63, 3.8) is 0 Å². The second-order valence-electron chi connectivity index (χ2n) is 14.6. The lowest BCUT2D eigenvalue weighted by molar-refractivity contribution is -0.122. The fourth-order valence-electron chi connectivity index (χ4n) is 6.16. The topological polar surface area (TPSA) is 104 Å². The number of carbonyl (C=O) groups is 1. The van der Waals surface area contributed by atoms with Gasteiger partial charge in [-0.1, -0.05) is 189 Å². The van der Waals surface area contributed by atoms with Crippen LogP contribution >= 0.6 is 0 Å². The van der Waals surface area contributed by atoms with Gasteiger partial charge in [-0.25, -0.2) is 0 Å². The van der Waals surface area contributed by atoms with Crippen LogP contribution in [-0.4, -0.2) is 41.9 Å². The number of carbonyl (C=O) groups excluding carboxylic acids is 1. The normalized spacial score (nSPS) is 14.0. The van der Waals surface area contributed by atoms with Gasteiger partial charge >= 0.3 is 0 Å². The number of hydrogen-bond acceptors (Lipinski definition) is 4. The largest absolute Gasteiger partial charge is 0.387 e. The Balaban J connectivity index is 3.96. The lowest BCUT2D eigenvalue weighted by atomic mass is 10.1. The Morgan fingerprint density at radius 1 is 0.528 bits per heavy atom. The molecule has 0 spiro atoms. The molecule has 1 amide bonds. The van der Waals surface area contributed by atoms with Crippen LogP contribution in [0.3, 0.4) is 0 Å². The third kappa shape index (κ3) is 40.8. The van der Waals surface area contributed by atoms with Crippen LogP contribution in [0.2, 0.25) is 0 Å². The summed E-state index contributed by atoms with van der Waals surface area (Å²) in [5.74, 6) is -1.02. The Hall–Kier alpha value is -2.22. The number of aliphatic hydroxyl groups excluding tert-OH is 1. The monoisotopic (exact) mass is 760 g/mol. The molecular formula is C46H81NO5S. The van der Waals surface area contributed by atoms with Gasteiger partial charge in [-0.2, -0.15) is 8.42 Å². The molecule has 3 N–H and O–H groups in total. The molecule has 0 aliphatic heterocycles. The summed E-state index contributed by atoms with van der Waals surface area (Å²) in [5.41, 5.74) is 0. The molecule has 7 heteroatoms. The van der Waals surface area contributed by atoms with Crippen molar-refractivity contribution in [1.29, 1.82) is 0 Å². The summed E-state index contributed by atoms with van der Waals surface area (Å²) < 4.78 is 32.5. The first-order chi connectivity index (χ1) is 25.8. The lowest BCUT2D eigenvalue weighted by Gasteiger charge is -2.21. The highest BCUT2D eigenvalue weighted by Crippen LogP contribution is 2.13. The van der Waals surface area contributed by atoms with E-state index in [9.17, 15) is 22.9 Å². The standard InChI is InChI=1S/C46H81NO5S/c1-3-5-7-9-11-13-15-17-19-21-22-23-24-26-28-30-32-34-36-38-40-42-46(49)47-44(43-53(50,51)52)45(48)41-39-37-35-33-31-29-27-25-20-18-16-14-12-10-8-6-4-2/h5,7,11,13,17,19,22-23,31,33,39,41,44-45,48H,3-4,6,8-10,12,14-16,18,20-21,24-30,32,34-38,40,42-43H2,1-2H3,(H,47,49)(H,50,51,52)/b7-5-,13-11-,19-17-,23-22-,33-31+,41-39+. The molecule has 0 heterocycles. The van der Waals surface area contributed by atoms with E-state index in [4.69, 9.17) is 0 Å². The van der Waals surface area contributed by atoms with E-state index in [2.05, 4.69) is 79.9 Å². The van der Waals surface area contributed by atoms with Crippen molar-refractivity contribution in [2.24, 2.45) is 0 Å². The highest BCUT2D eigenvalue weighted by atomic mass is 32.2.